The Morgan fingerprint density at radius 1 is 1.24 bits per heavy atom. The molecule has 0 saturated heterocycles. The second-order valence-corrected chi connectivity index (χ2v) is 6.45. The zero-order valence-electron chi connectivity index (χ0n) is 13.6. The summed E-state index contributed by atoms with van der Waals surface area (Å²) in [5, 5.41) is 6.44. The summed E-state index contributed by atoms with van der Waals surface area (Å²) in [4.78, 5) is 24.5. The van der Waals surface area contributed by atoms with Gasteiger partial charge in [0.15, 0.2) is 6.10 Å². The SMILES string of the molecule is C[C@@H](OC(=O)c1cn(Cc2ccccc2)nc1-c1cccs1)C(N)=O. The lowest BCUT2D eigenvalue weighted by atomic mass is 10.2. The van der Waals surface area contributed by atoms with Gasteiger partial charge in [0.05, 0.1) is 11.4 Å². The molecule has 0 saturated carbocycles. The normalized spacial score (nSPS) is 11.9. The van der Waals surface area contributed by atoms with Gasteiger partial charge in [-0.3, -0.25) is 9.48 Å². The van der Waals surface area contributed by atoms with E-state index in [1.807, 2.05) is 47.8 Å². The number of hydrogen-bond acceptors (Lipinski definition) is 5. The van der Waals surface area contributed by atoms with E-state index in [0.29, 0.717) is 17.8 Å². The van der Waals surface area contributed by atoms with Crippen molar-refractivity contribution in [2.75, 3.05) is 0 Å². The Kier molecular flexibility index (Phi) is 4.95. The van der Waals surface area contributed by atoms with Gasteiger partial charge in [-0.15, -0.1) is 11.3 Å². The third-order valence-corrected chi connectivity index (χ3v) is 4.48. The van der Waals surface area contributed by atoms with Gasteiger partial charge in [0, 0.05) is 6.20 Å². The number of benzene rings is 1. The first-order chi connectivity index (χ1) is 12.0. The second kappa shape index (κ2) is 7.31. The van der Waals surface area contributed by atoms with E-state index in [0.717, 1.165) is 10.4 Å². The van der Waals surface area contributed by atoms with E-state index in [4.69, 9.17) is 10.5 Å². The zero-order chi connectivity index (χ0) is 17.8. The van der Waals surface area contributed by atoms with Crippen molar-refractivity contribution in [3.8, 4) is 10.6 Å². The molecule has 2 heterocycles. The lowest BCUT2D eigenvalue weighted by Gasteiger charge is -2.08. The summed E-state index contributed by atoms with van der Waals surface area (Å²) in [6.45, 7) is 1.97. The molecular weight excluding hydrogens is 338 g/mol. The van der Waals surface area contributed by atoms with Crippen molar-refractivity contribution in [2.24, 2.45) is 5.73 Å². The van der Waals surface area contributed by atoms with Crippen LogP contribution < -0.4 is 5.73 Å². The van der Waals surface area contributed by atoms with Gasteiger partial charge in [-0.1, -0.05) is 36.4 Å². The van der Waals surface area contributed by atoms with Crippen LogP contribution in [-0.4, -0.2) is 27.8 Å². The average molecular weight is 355 g/mol. The Morgan fingerprint density at radius 3 is 2.64 bits per heavy atom. The van der Waals surface area contributed by atoms with Crippen LogP contribution in [0.4, 0.5) is 0 Å². The van der Waals surface area contributed by atoms with Gasteiger partial charge in [0.25, 0.3) is 5.91 Å². The summed E-state index contributed by atoms with van der Waals surface area (Å²) < 4.78 is 6.83. The Bertz CT molecular complexity index is 872. The third-order valence-electron chi connectivity index (χ3n) is 3.61. The van der Waals surface area contributed by atoms with Gasteiger partial charge >= 0.3 is 5.97 Å². The Hall–Kier alpha value is -2.93. The van der Waals surface area contributed by atoms with E-state index in [-0.39, 0.29) is 0 Å². The predicted octanol–water partition coefficient (Wildman–Crippen LogP) is 2.69. The largest absolute Gasteiger partial charge is 0.449 e. The molecule has 3 rings (SSSR count). The van der Waals surface area contributed by atoms with E-state index in [1.54, 1.807) is 10.9 Å². The van der Waals surface area contributed by atoms with Gasteiger partial charge in [0.1, 0.15) is 11.3 Å². The molecule has 0 aliphatic rings. The second-order valence-electron chi connectivity index (χ2n) is 5.50. The molecule has 1 amide bonds. The molecule has 1 atom stereocenters. The van der Waals surface area contributed by atoms with Crippen LogP contribution in [-0.2, 0) is 16.1 Å². The van der Waals surface area contributed by atoms with Crippen molar-refractivity contribution in [1.82, 2.24) is 9.78 Å². The smallest absolute Gasteiger partial charge is 0.342 e. The fourth-order valence-electron chi connectivity index (χ4n) is 2.30. The number of ether oxygens (including phenoxy) is 1. The number of rotatable bonds is 6. The number of nitrogens with two attached hydrogens (primary N) is 1. The zero-order valence-corrected chi connectivity index (χ0v) is 14.4. The molecule has 0 radical (unpaired) electrons. The molecule has 128 valence electrons. The topological polar surface area (TPSA) is 87.2 Å². The molecule has 3 aromatic rings. The summed E-state index contributed by atoms with van der Waals surface area (Å²) in [6, 6.07) is 13.6. The minimum atomic E-state index is -0.999. The molecule has 1 aromatic carbocycles. The standard InChI is InChI=1S/C18H17N3O3S/c1-12(17(19)22)24-18(23)14-11-21(10-13-6-3-2-4-7-13)20-16(14)15-8-5-9-25-15/h2-9,11-12H,10H2,1H3,(H2,19,22)/t12-/m1/s1. The van der Waals surface area contributed by atoms with Gasteiger partial charge in [0.2, 0.25) is 0 Å². The highest BCUT2D eigenvalue weighted by molar-refractivity contribution is 7.13. The molecule has 2 aromatic heterocycles. The number of nitrogens with zero attached hydrogens (tertiary/aromatic N) is 2. The number of hydrogen-bond donors (Lipinski definition) is 1. The first-order valence-corrected chi connectivity index (χ1v) is 8.58. The third kappa shape index (κ3) is 3.95. The van der Waals surface area contributed by atoms with Crippen molar-refractivity contribution in [3.05, 3.63) is 65.2 Å². The molecule has 6 nitrogen and oxygen atoms in total. The summed E-state index contributed by atoms with van der Waals surface area (Å²) in [6.07, 6.45) is 0.638. The number of primary amides is 1. The first-order valence-electron chi connectivity index (χ1n) is 7.70. The molecule has 25 heavy (non-hydrogen) atoms. The van der Waals surface area contributed by atoms with Crippen molar-refractivity contribution in [3.63, 3.8) is 0 Å². The lowest BCUT2D eigenvalue weighted by molar-refractivity contribution is -0.125. The molecule has 0 fully saturated rings. The number of esters is 1. The minimum Gasteiger partial charge on any atom is -0.449 e. The molecule has 7 heteroatoms. The summed E-state index contributed by atoms with van der Waals surface area (Å²) in [5.74, 6) is -1.31. The van der Waals surface area contributed by atoms with E-state index in [1.165, 1.54) is 18.3 Å². The van der Waals surface area contributed by atoms with Crippen LogP contribution in [0.2, 0.25) is 0 Å². The Labute approximate surface area is 148 Å². The highest BCUT2D eigenvalue weighted by atomic mass is 32.1. The van der Waals surface area contributed by atoms with Crippen LogP contribution in [0, 0.1) is 0 Å². The summed E-state index contributed by atoms with van der Waals surface area (Å²) >= 11 is 1.48. The highest BCUT2D eigenvalue weighted by Gasteiger charge is 2.23. The number of amides is 1. The summed E-state index contributed by atoms with van der Waals surface area (Å²) in [7, 11) is 0. The molecule has 0 unspecified atom stereocenters. The molecule has 0 bridgehead atoms. The molecular formula is C18H17N3O3S. The van der Waals surface area contributed by atoms with E-state index in [2.05, 4.69) is 5.10 Å². The first kappa shape index (κ1) is 16.9. The minimum absolute atomic E-state index is 0.312. The highest BCUT2D eigenvalue weighted by Crippen LogP contribution is 2.27. The van der Waals surface area contributed by atoms with Gasteiger partial charge in [-0.2, -0.15) is 5.10 Å². The molecule has 0 aliphatic heterocycles. The average Bonchev–Trinajstić information content (AvgIpc) is 3.24. The predicted molar refractivity (Wildman–Crippen MR) is 95.2 cm³/mol. The van der Waals surface area contributed by atoms with Crippen LogP contribution in [0.3, 0.4) is 0 Å². The van der Waals surface area contributed by atoms with Crippen LogP contribution >= 0.6 is 11.3 Å². The number of carbonyl (C=O) groups is 2. The lowest BCUT2D eigenvalue weighted by Crippen LogP contribution is -2.30. The molecule has 2 N–H and O–H groups in total. The van der Waals surface area contributed by atoms with E-state index < -0.39 is 18.0 Å². The van der Waals surface area contributed by atoms with Crippen LogP contribution in [0.1, 0.15) is 22.8 Å². The van der Waals surface area contributed by atoms with Gasteiger partial charge in [-0.05, 0) is 23.9 Å². The Morgan fingerprint density at radius 2 is 2.00 bits per heavy atom. The quantitative estimate of drug-likeness (QED) is 0.689. The van der Waals surface area contributed by atoms with Crippen molar-refractivity contribution < 1.29 is 14.3 Å². The maximum atomic E-state index is 12.5. The number of aromatic nitrogens is 2. The van der Waals surface area contributed by atoms with Crippen LogP contribution in [0.15, 0.2) is 54.0 Å². The van der Waals surface area contributed by atoms with Crippen molar-refractivity contribution >= 4 is 23.2 Å². The van der Waals surface area contributed by atoms with Crippen molar-refractivity contribution in [2.45, 2.75) is 19.6 Å². The summed E-state index contributed by atoms with van der Waals surface area (Å²) in [5.41, 5.74) is 7.08. The van der Waals surface area contributed by atoms with Gasteiger partial charge in [-0.25, -0.2) is 4.79 Å². The van der Waals surface area contributed by atoms with Crippen molar-refractivity contribution in [1.29, 1.82) is 0 Å². The maximum Gasteiger partial charge on any atom is 0.342 e. The van der Waals surface area contributed by atoms with Gasteiger partial charge < -0.3 is 10.5 Å². The number of carbonyl (C=O) groups excluding carboxylic acids is 2. The monoisotopic (exact) mass is 355 g/mol. The van der Waals surface area contributed by atoms with Crippen LogP contribution in [0.25, 0.3) is 10.6 Å². The Balaban J connectivity index is 1.92. The fourth-order valence-corrected chi connectivity index (χ4v) is 3.02. The van der Waals surface area contributed by atoms with E-state index in [9.17, 15) is 9.59 Å². The maximum absolute atomic E-state index is 12.5. The van der Waals surface area contributed by atoms with E-state index >= 15 is 0 Å². The van der Waals surface area contributed by atoms with Crippen LogP contribution in [0.5, 0.6) is 0 Å². The molecule has 0 spiro atoms. The molecule has 0 aliphatic carbocycles. The number of thiophene rings is 1. The fraction of sp³-hybridized carbons (Fsp3) is 0.167.